The molecule has 0 aromatic carbocycles. The predicted octanol–water partition coefficient (Wildman–Crippen LogP) is 1.65. The van der Waals surface area contributed by atoms with Crippen LogP contribution in [0.3, 0.4) is 0 Å². The van der Waals surface area contributed by atoms with E-state index in [9.17, 15) is 9.59 Å². The zero-order valence-corrected chi connectivity index (χ0v) is 17.3. The van der Waals surface area contributed by atoms with Crippen LogP contribution in [0.15, 0.2) is 0 Å². The van der Waals surface area contributed by atoms with Gasteiger partial charge in [-0.2, -0.15) is 0 Å². The Kier molecular flexibility index (Phi) is 7.44. The maximum atomic E-state index is 12.2. The average Bonchev–Trinajstić information content (AvgIpc) is 2.38. The Balaban J connectivity index is 2.48. The minimum Gasteiger partial charge on any atom is -0.347 e. The number of nitrogens with zero attached hydrogens (tertiary/aromatic N) is 1. The lowest BCUT2D eigenvalue weighted by Gasteiger charge is -2.46. The highest BCUT2D eigenvalue weighted by molar-refractivity contribution is 6.35. The fourth-order valence-corrected chi connectivity index (χ4v) is 4.17. The van der Waals surface area contributed by atoms with Gasteiger partial charge in [0, 0.05) is 42.3 Å². The second kappa shape index (κ2) is 8.49. The number of rotatable bonds is 6. The second-order valence-electron chi connectivity index (χ2n) is 9.15. The van der Waals surface area contributed by atoms with Gasteiger partial charge in [0.2, 0.25) is 0 Å². The summed E-state index contributed by atoms with van der Waals surface area (Å²) in [7, 11) is 0. The Bertz CT molecular complexity index is 448. The first-order valence-corrected chi connectivity index (χ1v) is 9.47. The van der Waals surface area contributed by atoms with Crippen LogP contribution < -0.4 is 16.0 Å². The zero-order chi connectivity index (χ0) is 19.4. The SMILES string of the molecule is CC(C)N(CCNC(=O)C(=O)NC1CC(C)(C)NC(C)(C)C1)C(C)C. The minimum absolute atomic E-state index is 0.00678. The molecule has 1 rings (SSSR count). The molecule has 0 unspecified atom stereocenters. The lowest BCUT2D eigenvalue weighted by atomic mass is 9.79. The predicted molar refractivity (Wildman–Crippen MR) is 102 cm³/mol. The average molecular weight is 355 g/mol. The highest BCUT2D eigenvalue weighted by atomic mass is 16.2. The zero-order valence-electron chi connectivity index (χ0n) is 17.3. The summed E-state index contributed by atoms with van der Waals surface area (Å²) in [4.78, 5) is 26.6. The molecule has 0 spiro atoms. The number of piperidine rings is 1. The van der Waals surface area contributed by atoms with Gasteiger partial charge in [-0.3, -0.25) is 14.5 Å². The number of carbonyl (C=O) groups is 2. The fourth-order valence-electron chi connectivity index (χ4n) is 4.17. The first kappa shape index (κ1) is 21.9. The molecule has 25 heavy (non-hydrogen) atoms. The topological polar surface area (TPSA) is 73.5 Å². The van der Waals surface area contributed by atoms with Crippen molar-refractivity contribution in [1.29, 1.82) is 0 Å². The number of carbonyl (C=O) groups excluding carboxylic acids is 2. The van der Waals surface area contributed by atoms with E-state index in [1.54, 1.807) is 0 Å². The summed E-state index contributed by atoms with van der Waals surface area (Å²) in [5.74, 6) is -1.07. The van der Waals surface area contributed by atoms with E-state index >= 15 is 0 Å². The highest BCUT2D eigenvalue weighted by Gasteiger charge is 2.38. The Labute approximate surface area is 153 Å². The van der Waals surface area contributed by atoms with Crippen molar-refractivity contribution in [2.75, 3.05) is 13.1 Å². The summed E-state index contributed by atoms with van der Waals surface area (Å²) in [5, 5.41) is 9.23. The largest absolute Gasteiger partial charge is 0.347 e. The van der Waals surface area contributed by atoms with E-state index in [0.717, 1.165) is 19.4 Å². The van der Waals surface area contributed by atoms with Crippen molar-refractivity contribution in [2.45, 2.75) is 97.4 Å². The molecule has 1 aliphatic heterocycles. The van der Waals surface area contributed by atoms with Gasteiger partial charge in [0.15, 0.2) is 0 Å². The Morgan fingerprint density at radius 1 is 1.00 bits per heavy atom. The summed E-state index contributed by atoms with van der Waals surface area (Å²) in [5.41, 5.74) is -0.129. The van der Waals surface area contributed by atoms with E-state index < -0.39 is 11.8 Å². The van der Waals surface area contributed by atoms with E-state index in [2.05, 4.69) is 76.2 Å². The van der Waals surface area contributed by atoms with Gasteiger partial charge in [-0.25, -0.2) is 0 Å². The summed E-state index contributed by atoms with van der Waals surface area (Å²) in [6, 6.07) is 0.821. The van der Waals surface area contributed by atoms with Crippen molar-refractivity contribution < 1.29 is 9.59 Å². The molecule has 3 N–H and O–H groups in total. The van der Waals surface area contributed by atoms with Gasteiger partial charge in [-0.05, 0) is 68.2 Å². The fraction of sp³-hybridized carbons (Fsp3) is 0.895. The van der Waals surface area contributed by atoms with Gasteiger partial charge in [0.25, 0.3) is 0 Å². The summed E-state index contributed by atoms with van der Waals surface area (Å²) < 4.78 is 0. The third-order valence-corrected chi connectivity index (χ3v) is 4.71. The quantitative estimate of drug-likeness (QED) is 0.634. The molecular weight excluding hydrogens is 316 g/mol. The van der Waals surface area contributed by atoms with Crippen LogP contribution in [0, 0.1) is 0 Å². The maximum absolute atomic E-state index is 12.2. The molecule has 0 bridgehead atoms. The van der Waals surface area contributed by atoms with E-state index in [1.165, 1.54) is 0 Å². The van der Waals surface area contributed by atoms with Crippen molar-refractivity contribution in [3.8, 4) is 0 Å². The summed E-state index contributed by atoms with van der Waals surface area (Å²) >= 11 is 0. The molecule has 0 radical (unpaired) electrons. The molecule has 1 saturated heterocycles. The van der Waals surface area contributed by atoms with Crippen molar-refractivity contribution >= 4 is 11.8 Å². The lowest BCUT2D eigenvalue weighted by molar-refractivity contribution is -0.140. The van der Waals surface area contributed by atoms with E-state index in [0.29, 0.717) is 18.6 Å². The van der Waals surface area contributed by atoms with Crippen LogP contribution in [0.4, 0.5) is 0 Å². The Hall–Kier alpha value is -1.14. The summed E-state index contributed by atoms with van der Waals surface area (Å²) in [6.07, 6.45) is 1.62. The Morgan fingerprint density at radius 3 is 1.92 bits per heavy atom. The molecule has 1 fully saturated rings. The molecule has 6 heteroatoms. The van der Waals surface area contributed by atoms with Crippen LogP contribution in [-0.4, -0.2) is 59.0 Å². The Morgan fingerprint density at radius 2 is 1.48 bits per heavy atom. The number of hydrogen-bond donors (Lipinski definition) is 3. The van der Waals surface area contributed by atoms with Crippen molar-refractivity contribution in [3.05, 3.63) is 0 Å². The maximum Gasteiger partial charge on any atom is 0.309 e. The van der Waals surface area contributed by atoms with Gasteiger partial charge < -0.3 is 16.0 Å². The molecule has 0 aromatic heterocycles. The van der Waals surface area contributed by atoms with Crippen LogP contribution in [0.1, 0.15) is 68.2 Å². The second-order valence-corrected chi connectivity index (χ2v) is 9.15. The van der Waals surface area contributed by atoms with E-state index in [-0.39, 0.29) is 17.1 Å². The normalized spacial score (nSPS) is 20.1. The van der Waals surface area contributed by atoms with Gasteiger partial charge >= 0.3 is 11.8 Å². The molecule has 146 valence electrons. The third-order valence-electron chi connectivity index (χ3n) is 4.71. The third kappa shape index (κ3) is 7.32. The van der Waals surface area contributed by atoms with Crippen LogP contribution in [0.2, 0.25) is 0 Å². The minimum atomic E-state index is -0.540. The molecule has 1 aliphatic rings. The smallest absolute Gasteiger partial charge is 0.309 e. The van der Waals surface area contributed by atoms with E-state index in [1.807, 2.05) is 0 Å². The number of hydrogen-bond acceptors (Lipinski definition) is 4. The van der Waals surface area contributed by atoms with Crippen LogP contribution in [0.25, 0.3) is 0 Å². The standard InChI is InChI=1S/C19H38N4O2/c1-13(2)23(14(3)4)10-9-20-16(24)17(25)21-15-11-18(5,6)22-19(7,8)12-15/h13-15,22H,9-12H2,1-8H3,(H,20,24)(H,21,25). The molecule has 0 aliphatic carbocycles. The first-order valence-electron chi connectivity index (χ1n) is 9.47. The number of nitrogens with one attached hydrogen (secondary N) is 3. The van der Waals surface area contributed by atoms with Gasteiger partial charge in [0.05, 0.1) is 0 Å². The summed E-state index contributed by atoms with van der Waals surface area (Å²) in [6.45, 7) is 18.3. The molecule has 0 saturated carbocycles. The van der Waals surface area contributed by atoms with Crippen molar-refractivity contribution in [3.63, 3.8) is 0 Å². The van der Waals surface area contributed by atoms with Crippen LogP contribution in [0.5, 0.6) is 0 Å². The molecule has 0 atom stereocenters. The van der Waals surface area contributed by atoms with Gasteiger partial charge in [0.1, 0.15) is 0 Å². The van der Waals surface area contributed by atoms with Gasteiger partial charge in [-0.1, -0.05) is 0 Å². The molecule has 2 amide bonds. The molecule has 1 heterocycles. The lowest BCUT2D eigenvalue weighted by Crippen LogP contribution is -2.63. The van der Waals surface area contributed by atoms with Crippen molar-refractivity contribution in [2.24, 2.45) is 0 Å². The van der Waals surface area contributed by atoms with Crippen molar-refractivity contribution in [1.82, 2.24) is 20.9 Å². The highest BCUT2D eigenvalue weighted by Crippen LogP contribution is 2.28. The van der Waals surface area contributed by atoms with E-state index in [4.69, 9.17) is 0 Å². The van der Waals surface area contributed by atoms with Crippen LogP contribution in [-0.2, 0) is 9.59 Å². The van der Waals surface area contributed by atoms with Gasteiger partial charge in [-0.15, -0.1) is 0 Å². The molecule has 0 aromatic rings. The van der Waals surface area contributed by atoms with Crippen LogP contribution >= 0.6 is 0 Å². The number of amides is 2. The monoisotopic (exact) mass is 354 g/mol. The molecule has 6 nitrogen and oxygen atoms in total. The first-order chi connectivity index (χ1) is 11.3. The molecular formula is C19H38N4O2.